The smallest absolute Gasteiger partial charge is 0.198 e. The molecule has 3 rings (SSSR count). The second-order valence-corrected chi connectivity index (χ2v) is 7.36. The summed E-state index contributed by atoms with van der Waals surface area (Å²) in [7, 11) is 0.760. The minimum absolute atomic E-state index is 0.542. The molecule has 0 saturated carbocycles. The topological polar surface area (TPSA) is 116 Å². The third-order valence-electron chi connectivity index (χ3n) is 3.10. The van der Waals surface area contributed by atoms with Gasteiger partial charge in [-0.1, -0.05) is 11.3 Å². The number of quaternary nitrogens is 1. The van der Waals surface area contributed by atoms with Gasteiger partial charge in [-0.15, -0.1) is 0 Å². The van der Waals surface area contributed by atoms with E-state index in [1.807, 2.05) is 43.4 Å². The second-order valence-electron chi connectivity index (χ2n) is 4.63. The van der Waals surface area contributed by atoms with Gasteiger partial charge in [-0.05, 0) is 12.1 Å². The fraction of sp³-hybridized carbons (Fsp3) is 0.133. The van der Waals surface area contributed by atoms with Crippen LogP contribution in [0.4, 0.5) is 10.8 Å². The number of carbonyl (C=O) groups excluding carboxylic acids is 1. The molecule has 2 heterocycles. The molecule has 0 amide bonds. The molecule has 1 aromatic carbocycles. The first-order valence-electron chi connectivity index (χ1n) is 7.29. The number of hydrogen-bond donors (Lipinski definition) is 4. The highest BCUT2D eigenvalue weighted by Gasteiger charge is 2.12. The summed E-state index contributed by atoms with van der Waals surface area (Å²) in [5, 5.41) is 2.67. The van der Waals surface area contributed by atoms with Crippen LogP contribution in [0.25, 0.3) is 0 Å². The summed E-state index contributed by atoms with van der Waals surface area (Å²) in [6.45, 7) is 2.54. The Balaban J connectivity index is 0.00000109. The Labute approximate surface area is 151 Å². The average Bonchev–Trinajstić information content (AvgIpc) is 3.35. The number of aromatic amines is 1. The molecule has 0 radical (unpaired) electrons. The number of H-pyrrole nitrogens is 1. The Bertz CT molecular complexity index is 789. The largest absolute Gasteiger partial charge is 0.347 e. The molecule has 8 nitrogen and oxygen atoms in total. The molecule has 2 aromatic heterocycles. The first-order chi connectivity index (χ1) is 12.3. The molecule has 0 bridgehead atoms. The van der Waals surface area contributed by atoms with Gasteiger partial charge in [0.05, 0.1) is 30.6 Å². The normalized spacial score (nSPS) is 11.4. The van der Waals surface area contributed by atoms with Gasteiger partial charge in [0, 0.05) is 29.4 Å². The predicted molar refractivity (Wildman–Crippen MR) is 96.9 cm³/mol. The van der Waals surface area contributed by atoms with E-state index in [1.54, 1.807) is 18.6 Å². The van der Waals surface area contributed by atoms with Crippen molar-refractivity contribution in [3.8, 4) is 0 Å². The zero-order valence-electron chi connectivity index (χ0n) is 13.6. The first kappa shape index (κ1) is 18.9. The zero-order chi connectivity index (χ0) is 18.1. The van der Waals surface area contributed by atoms with E-state index >= 15 is 0 Å². The van der Waals surface area contributed by atoms with E-state index in [-0.39, 0.29) is 0 Å². The molecule has 1 unspecified atom stereocenters. The Kier molecular flexibility index (Phi) is 7.41. The van der Waals surface area contributed by atoms with Gasteiger partial charge in [-0.3, -0.25) is 5.43 Å². The summed E-state index contributed by atoms with van der Waals surface area (Å²) in [6, 6.07) is 7.68. The molecule has 3 aromatic rings. The lowest BCUT2D eigenvalue weighted by Crippen LogP contribution is -2.72. The lowest BCUT2D eigenvalue weighted by Gasteiger charge is -2.02. The Hall–Kier alpha value is -2.40. The Morgan fingerprint density at radius 2 is 2.04 bits per heavy atom. The number of nitrogens with zero attached hydrogens (tertiary/aromatic N) is 2. The number of thiazole rings is 1. The van der Waals surface area contributed by atoms with Crippen molar-refractivity contribution in [3.63, 3.8) is 0 Å². The summed E-state index contributed by atoms with van der Waals surface area (Å²) in [5.74, 6) is 0.825. The molecule has 0 fully saturated rings. The molecule has 1 atom stereocenters. The molecule has 5 N–H and O–H groups in total. The third-order valence-corrected chi connectivity index (χ3v) is 5.68. The van der Waals surface area contributed by atoms with Crippen molar-refractivity contribution in [1.82, 2.24) is 20.4 Å². The minimum atomic E-state index is -1.22. The number of hydrazine groups is 1. The number of carbonyl (C=O) groups is 1. The van der Waals surface area contributed by atoms with Gasteiger partial charge in [0.15, 0.2) is 5.13 Å². The number of aromatic nitrogens is 3. The number of nitrogens with one attached hydrogen (secondary N) is 3. The molecule has 132 valence electrons. The monoisotopic (exact) mass is 379 g/mol. The molecule has 0 saturated heterocycles. The lowest BCUT2D eigenvalue weighted by atomic mass is 10.3. The minimum Gasteiger partial charge on any atom is -0.347 e. The van der Waals surface area contributed by atoms with Gasteiger partial charge in [0.1, 0.15) is 22.5 Å². The molecule has 0 aliphatic carbocycles. The van der Waals surface area contributed by atoms with Crippen LogP contribution >= 0.6 is 11.3 Å². The van der Waals surface area contributed by atoms with E-state index in [2.05, 4.69) is 25.8 Å². The number of imidazole rings is 1. The van der Waals surface area contributed by atoms with E-state index in [0.29, 0.717) is 15.9 Å². The molecule has 0 aliphatic rings. The molecule has 10 heteroatoms. The summed E-state index contributed by atoms with van der Waals surface area (Å²) in [4.78, 5) is 20.1. The van der Waals surface area contributed by atoms with Gasteiger partial charge >= 0.3 is 0 Å². The van der Waals surface area contributed by atoms with Crippen molar-refractivity contribution in [1.29, 1.82) is 0 Å². The summed E-state index contributed by atoms with van der Waals surface area (Å²) in [5.41, 5.74) is 7.11. The highest BCUT2D eigenvalue weighted by atomic mass is 32.2. The Morgan fingerprint density at radius 3 is 2.68 bits per heavy atom. The van der Waals surface area contributed by atoms with Crippen molar-refractivity contribution >= 4 is 39.7 Å². The van der Waals surface area contributed by atoms with Gasteiger partial charge in [0.25, 0.3) is 0 Å². The maximum Gasteiger partial charge on any atom is 0.198 e. The number of rotatable bonds is 7. The van der Waals surface area contributed by atoms with E-state index in [0.717, 1.165) is 16.4 Å². The molecular formula is C15H19N6O2S2+. The van der Waals surface area contributed by atoms with Crippen molar-refractivity contribution in [2.75, 3.05) is 12.5 Å². The van der Waals surface area contributed by atoms with Crippen LogP contribution in [-0.4, -0.2) is 33.0 Å². The second kappa shape index (κ2) is 9.79. The SMILES string of the molecule is C=O.C[NH2+]c1ccc(S(=O)c2cnc(NNCc3ncc[nH]3)s2)cc1. The first-order valence-corrected chi connectivity index (χ1v) is 9.26. The van der Waals surface area contributed by atoms with Crippen LogP contribution in [-0.2, 0) is 22.1 Å². The summed E-state index contributed by atoms with van der Waals surface area (Å²) in [6.07, 6.45) is 5.10. The molecule has 0 spiro atoms. The highest BCUT2D eigenvalue weighted by Crippen LogP contribution is 2.25. The van der Waals surface area contributed by atoms with Crippen molar-refractivity contribution < 1.29 is 14.3 Å². The average molecular weight is 379 g/mol. The predicted octanol–water partition coefficient (Wildman–Crippen LogP) is 0.789. The van der Waals surface area contributed by atoms with Crippen LogP contribution in [0.2, 0.25) is 0 Å². The lowest BCUT2D eigenvalue weighted by molar-refractivity contribution is -0.539. The molecule has 25 heavy (non-hydrogen) atoms. The van der Waals surface area contributed by atoms with Gasteiger partial charge in [-0.25, -0.2) is 19.6 Å². The van der Waals surface area contributed by atoms with E-state index < -0.39 is 10.8 Å². The van der Waals surface area contributed by atoms with Crippen molar-refractivity contribution in [2.45, 2.75) is 15.6 Å². The van der Waals surface area contributed by atoms with Crippen LogP contribution in [0.1, 0.15) is 5.82 Å². The fourth-order valence-electron chi connectivity index (χ4n) is 1.90. The molecular weight excluding hydrogens is 360 g/mol. The highest BCUT2D eigenvalue weighted by molar-refractivity contribution is 7.87. The quantitative estimate of drug-likeness (QED) is 0.356. The summed E-state index contributed by atoms with van der Waals surface area (Å²) >= 11 is 1.36. The maximum atomic E-state index is 12.5. The van der Waals surface area contributed by atoms with Crippen LogP contribution in [0.5, 0.6) is 0 Å². The van der Waals surface area contributed by atoms with Gasteiger partial charge in [0.2, 0.25) is 0 Å². The fourth-order valence-corrected chi connectivity index (χ4v) is 4.02. The van der Waals surface area contributed by atoms with Crippen molar-refractivity contribution in [2.24, 2.45) is 0 Å². The van der Waals surface area contributed by atoms with E-state index in [1.165, 1.54) is 11.3 Å². The molecule has 0 aliphatic heterocycles. The zero-order valence-corrected chi connectivity index (χ0v) is 15.2. The van der Waals surface area contributed by atoms with E-state index in [4.69, 9.17) is 4.79 Å². The van der Waals surface area contributed by atoms with Gasteiger partial charge in [-0.2, -0.15) is 0 Å². The van der Waals surface area contributed by atoms with Crippen LogP contribution in [0.3, 0.4) is 0 Å². The third kappa shape index (κ3) is 5.29. The van der Waals surface area contributed by atoms with Crippen LogP contribution in [0, 0.1) is 0 Å². The number of anilines is 1. The number of benzene rings is 1. The standard InChI is InChI=1S/C14H16N6OS2.CH2O/c1-15-10-2-4-11(5-3-10)23(21)13-9-18-14(22-13)20-19-8-12-16-6-7-17-12;1-2/h2-7,9,15,19H,8H2,1H3,(H,16,17)(H,18,20);1H2/p+1. The van der Waals surface area contributed by atoms with Gasteiger partial charge < -0.3 is 15.1 Å². The maximum absolute atomic E-state index is 12.5. The number of hydrogen-bond acceptors (Lipinski definition) is 7. The van der Waals surface area contributed by atoms with Crippen molar-refractivity contribution in [3.05, 3.63) is 48.7 Å². The van der Waals surface area contributed by atoms with Crippen LogP contribution < -0.4 is 16.2 Å². The van der Waals surface area contributed by atoms with E-state index in [9.17, 15) is 4.21 Å². The number of nitrogens with two attached hydrogens (primary N) is 1. The Morgan fingerprint density at radius 1 is 1.28 bits per heavy atom. The van der Waals surface area contributed by atoms with Crippen LogP contribution in [0.15, 0.2) is 52.0 Å². The summed E-state index contributed by atoms with van der Waals surface area (Å²) < 4.78 is 13.2.